The lowest BCUT2D eigenvalue weighted by molar-refractivity contribution is -0.235. The Morgan fingerprint density at radius 1 is 0.982 bits per heavy atom. The minimum absolute atomic E-state index is 0.0213. The van der Waals surface area contributed by atoms with Crippen LogP contribution in [0.5, 0.6) is 0 Å². The van der Waals surface area contributed by atoms with Crippen molar-refractivity contribution in [3.63, 3.8) is 0 Å². The number of fused-ring (bicyclic) bond motifs is 7. The van der Waals surface area contributed by atoms with Crippen LogP contribution in [0.25, 0.3) is 0 Å². The number of aliphatic carboxylic acids is 1. The number of pyridine rings is 1. The summed E-state index contributed by atoms with van der Waals surface area (Å²) < 4.78 is 6.19. The molecule has 0 saturated heterocycles. The Balaban J connectivity index is 1.28. The highest BCUT2D eigenvalue weighted by Crippen LogP contribution is 2.77. The van der Waals surface area contributed by atoms with E-state index in [1.165, 1.54) is 5.57 Å². The molecule has 1 aromatic rings. The zero-order valence-corrected chi connectivity index (χ0v) is 36.5. The largest absolute Gasteiger partial charge is 0.481 e. The highest BCUT2D eigenvalue weighted by atomic mass is 16.5. The van der Waals surface area contributed by atoms with Gasteiger partial charge in [0.25, 0.3) is 0 Å². The van der Waals surface area contributed by atoms with Gasteiger partial charge in [-0.1, -0.05) is 60.1 Å². The first-order valence-electron chi connectivity index (χ1n) is 22.0. The SMILES string of the molecule is CC(C)C1=C2[C@H]3CC[C@@H]4[C@@]5(C)CC[C@H](OC(=O)CC(C)(C)C(=O)O)C(C)(C)C5CC[C@@]4(C)[C@]3(C)CC[C@@]2([C@@H](O)CN(CCNCCO)Cc2ccccn2)CC1=O. The van der Waals surface area contributed by atoms with Crippen LogP contribution in [-0.4, -0.2) is 87.9 Å². The van der Waals surface area contributed by atoms with Crippen molar-refractivity contribution in [3.05, 3.63) is 41.2 Å². The number of aliphatic hydroxyl groups is 2. The van der Waals surface area contributed by atoms with Crippen molar-refractivity contribution in [3.8, 4) is 0 Å². The minimum atomic E-state index is -1.18. The Hall–Kier alpha value is -2.66. The van der Waals surface area contributed by atoms with Crippen molar-refractivity contribution in [2.45, 2.75) is 145 Å². The van der Waals surface area contributed by atoms with Gasteiger partial charge in [-0.3, -0.25) is 24.3 Å². The Morgan fingerprint density at radius 2 is 1.72 bits per heavy atom. The molecule has 9 atom stereocenters. The third kappa shape index (κ3) is 7.56. The molecule has 10 heteroatoms. The Labute approximate surface area is 342 Å². The van der Waals surface area contributed by atoms with E-state index in [0.29, 0.717) is 51.0 Å². The van der Waals surface area contributed by atoms with Gasteiger partial charge in [0.05, 0.1) is 30.2 Å². The number of carboxylic acids is 1. The van der Waals surface area contributed by atoms with Crippen LogP contribution < -0.4 is 5.32 Å². The molecular formula is C47H73N3O7. The number of hydrogen-bond acceptors (Lipinski definition) is 9. The van der Waals surface area contributed by atoms with Crippen molar-refractivity contribution in [2.24, 2.45) is 56.2 Å². The maximum absolute atomic E-state index is 14.3. The summed E-state index contributed by atoms with van der Waals surface area (Å²) in [4.78, 5) is 46.1. The number of allylic oxidation sites excluding steroid dienone is 1. The molecule has 57 heavy (non-hydrogen) atoms. The predicted octanol–water partition coefficient (Wildman–Crippen LogP) is 7.22. The van der Waals surface area contributed by atoms with Crippen LogP contribution in [0.4, 0.5) is 0 Å². The fourth-order valence-corrected chi connectivity index (χ4v) is 13.7. The molecule has 4 fully saturated rings. The molecule has 0 radical (unpaired) electrons. The number of rotatable bonds is 15. The number of aromatic nitrogens is 1. The maximum atomic E-state index is 14.3. The monoisotopic (exact) mass is 792 g/mol. The zero-order valence-electron chi connectivity index (χ0n) is 36.5. The summed E-state index contributed by atoms with van der Waals surface area (Å²) in [7, 11) is 0. The second-order valence-electron chi connectivity index (χ2n) is 21.1. The highest BCUT2D eigenvalue weighted by Gasteiger charge is 2.71. The molecule has 5 aliphatic rings. The molecule has 5 aliphatic carbocycles. The first-order valence-corrected chi connectivity index (χ1v) is 22.0. The molecule has 0 aliphatic heterocycles. The quantitative estimate of drug-likeness (QED) is 0.106. The Kier molecular flexibility index (Phi) is 12.4. The normalized spacial score (nSPS) is 35.4. The second kappa shape index (κ2) is 16.1. The number of carbonyl (C=O) groups excluding carboxylic acids is 2. The van der Waals surface area contributed by atoms with Crippen molar-refractivity contribution in [2.75, 3.05) is 32.8 Å². The van der Waals surface area contributed by atoms with Crippen molar-refractivity contribution < 1.29 is 34.4 Å². The molecule has 0 amide bonds. The van der Waals surface area contributed by atoms with Gasteiger partial charge in [-0.2, -0.15) is 0 Å². The number of nitrogens with one attached hydrogen (secondary N) is 1. The molecule has 6 rings (SSSR count). The Morgan fingerprint density at radius 3 is 2.37 bits per heavy atom. The lowest BCUT2D eigenvalue weighted by Gasteiger charge is -2.72. The van der Waals surface area contributed by atoms with Gasteiger partial charge in [0.15, 0.2) is 5.78 Å². The van der Waals surface area contributed by atoms with Crippen LogP contribution in [0.1, 0.15) is 132 Å². The number of aliphatic hydroxyl groups excluding tert-OH is 2. The van der Waals surface area contributed by atoms with Gasteiger partial charge in [-0.05, 0) is 123 Å². The fraction of sp³-hybridized carbons (Fsp3) is 0.787. The summed E-state index contributed by atoms with van der Waals surface area (Å²) in [5, 5.41) is 34.9. The number of esters is 1. The van der Waals surface area contributed by atoms with E-state index in [1.54, 1.807) is 20.0 Å². The number of hydrogen-bond donors (Lipinski definition) is 4. The highest BCUT2D eigenvalue weighted by molar-refractivity contribution is 6.00. The van der Waals surface area contributed by atoms with Gasteiger partial charge in [0.1, 0.15) is 6.10 Å². The molecule has 10 nitrogen and oxygen atoms in total. The number of carbonyl (C=O) groups is 3. The molecular weight excluding hydrogens is 719 g/mol. The van der Waals surface area contributed by atoms with E-state index in [-0.39, 0.29) is 58.4 Å². The molecule has 0 bridgehead atoms. The number of carboxylic acid groups (broad SMARTS) is 1. The first kappa shape index (κ1) is 43.9. The van der Waals surface area contributed by atoms with Gasteiger partial charge in [0, 0.05) is 56.2 Å². The summed E-state index contributed by atoms with van der Waals surface area (Å²) in [6, 6.07) is 5.92. The lowest BCUT2D eigenvalue weighted by atomic mass is 9.33. The van der Waals surface area contributed by atoms with Crippen molar-refractivity contribution in [1.29, 1.82) is 0 Å². The Bertz CT molecular complexity index is 1690. The number of nitrogens with zero attached hydrogens (tertiary/aromatic N) is 2. The van der Waals surface area contributed by atoms with Crippen LogP contribution in [0.2, 0.25) is 0 Å². The van der Waals surface area contributed by atoms with E-state index in [1.807, 2.05) is 18.2 Å². The average molecular weight is 792 g/mol. The van der Waals surface area contributed by atoms with Crippen LogP contribution >= 0.6 is 0 Å². The molecule has 0 aromatic carbocycles. The molecule has 1 unspecified atom stereocenters. The molecule has 4 saturated carbocycles. The fourth-order valence-electron chi connectivity index (χ4n) is 13.7. The van der Waals surface area contributed by atoms with E-state index >= 15 is 0 Å². The van der Waals surface area contributed by atoms with E-state index in [4.69, 9.17) is 4.74 Å². The van der Waals surface area contributed by atoms with Gasteiger partial charge >= 0.3 is 11.9 Å². The molecule has 1 aromatic heterocycles. The van der Waals surface area contributed by atoms with Crippen LogP contribution in [0.15, 0.2) is 35.5 Å². The molecule has 318 valence electrons. The number of ether oxygens (including phenoxy) is 1. The van der Waals surface area contributed by atoms with E-state index in [9.17, 15) is 29.7 Å². The standard InChI is InChI=1S/C47H73N3O7/c1-30(2)39-33(52)26-47(36(53)29-50(24-22-48-23-25-51)28-31-12-10-11-21-49-31)20-19-45(8)32(40(39)47)13-14-35-44(7)17-16-37(57-38(54)27-42(3,4)41(55)56)43(5,6)34(44)15-18-46(35,45)9/h10-12,21,30,32,34-37,48,51,53H,13-20,22-29H2,1-9H3,(H,55,56)/t32-,34?,35-,36+,37+,44+,45-,46-,47+/m1/s1. The summed E-state index contributed by atoms with van der Waals surface area (Å²) in [5.74, 6) is -0.104. The molecule has 1 heterocycles. The van der Waals surface area contributed by atoms with Crippen LogP contribution in [0.3, 0.4) is 0 Å². The summed E-state index contributed by atoms with van der Waals surface area (Å²) in [6.07, 6.45) is 8.70. The minimum Gasteiger partial charge on any atom is -0.481 e. The first-order chi connectivity index (χ1) is 26.7. The summed E-state index contributed by atoms with van der Waals surface area (Å²) in [6.45, 7) is 22.6. The maximum Gasteiger partial charge on any atom is 0.309 e. The smallest absolute Gasteiger partial charge is 0.309 e. The molecule has 4 N–H and O–H groups in total. The van der Waals surface area contributed by atoms with E-state index in [2.05, 4.69) is 63.7 Å². The average Bonchev–Trinajstić information content (AvgIpc) is 3.45. The van der Waals surface area contributed by atoms with Gasteiger partial charge in [0.2, 0.25) is 0 Å². The van der Waals surface area contributed by atoms with Crippen molar-refractivity contribution >= 4 is 17.7 Å². The van der Waals surface area contributed by atoms with Gasteiger partial charge in [-0.25, -0.2) is 0 Å². The third-order valence-corrected chi connectivity index (χ3v) is 16.9. The van der Waals surface area contributed by atoms with Gasteiger partial charge in [-0.15, -0.1) is 0 Å². The summed E-state index contributed by atoms with van der Waals surface area (Å²) >= 11 is 0. The molecule has 0 spiro atoms. The second-order valence-corrected chi connectivity index (χ2v) is 21.1. The zero-order chi connectivity index (χ0) is 41.8. The lowest BCUT2D eigenvalue weighted by Crippen LogP contribution is -2.66. The van der Waals surface area contributed by atoms with E-state index in [0.717, 1.165) is 62.6 Å². The topological polar surface area (TPSA) is 149 Å². The third-order valence-electron chi connectivity index (χ3n) is 16.9. The summed E-state index contributed by atoms with van der Waals surface area (Å²) in [5.41, 5.74) is 1.16. The van der Waals surface area contributed by atoms with Crippen LogP contribution in [0, 0.1) is 56.2 Å². The predicted molar refractivity (Wildman–Crippen MR) is 221 cm³/mol. The van der Waals surface area contributed by atoms with Crippen LogP contribution in [-0.2, 0) is 25.7 Å². The van der Waals surface area contributed by atoms with Crippen molar-refractivity contribution in [1.82, 2.24) is 15.2 Å². The van der Waals surface area contributed by atoms with Gasteiger partial charge < -0.3 is 25.4 Å². The number of Topliss-reactive ketones (excluding diaryl/α,β-unsaturated/α-hetero) is 1. The number of ketones is 1. The van der Waals surface area contributed by atoms with E-state index < -0.39 is 28.9 Å².